The molecular weight excluding hydrogens is 210 g/mol. The van der Waals surface area contributed by atoms with Gasteiger partial charge in [-0.15, -0.1) is 0 Å². The maximum atomic E-state index is 5.22. The fourth-order valence-corrected chi connectivity index (χ4v) is 2.71. The van der Waals surface area contributed by atoms with Crippen molar-refractivity contribution in [1.29, 1.82) is 0 Å². The second-order valence-corrected chi connectivity index (χ2v) is 5.15. The summed E-state index contributed by atoms with van der Waals surface area (Å²) in [5.41, 5.74) is 1.30. The molecule has 1 aromatic rings. The van der Waals surface area contributed by atoms with Crippen LogP contribution in [0.1, 0.15) is 31.7 Å². The number of rotatable bonds is 5. The van der Waals surface area contributed by atoms with Crippen molar-refractivity contribution in [2.75, 3.05) is 13.7 Å². The third kappa shape index (κ3) is 3.47. The highest BCUT2D eigenvalue weighted by atomic mass is 16.5. The molecule has 0 amide bonds. The average molecular weight is 233 g/mol. The molecular formula is C15H23NO. The molecule has 1 fully saturated rings. The predicted molar refractivity (Wildman–Crippen MR) is 71.2 cm³/mol. The zero-order valence-corrected chi connectivity index (χ0v) is 10.9. The number of benzene rings is 1. The molecule has 1 aromatic carbocycles. The van der Waals surface area contributed by atoms with E-state index in [-0.39, 0.29) is 0 Å². The fourth-order valence-electron chi connectivity index (χ4n) is 2.71. The Hall–Kier alpha value is -1.02. The molecule has 0 heterocycles. The molecule has 2 nitrogen and oxygen atoms in total. The van der Waals surface area contributed by atoms with Gasteiger partial charge in [0, 0.05) is 6.54 Å². The van der Waals surface area contributed by atoms with Gasteiger partial charge < -0.3 is 10.1 Å². The van der Waals surface area contributed by atoms with Crippen molar-refractivity contribution in [3.8, 4) is 5.75 Å². The number of methoxy groups -OCH3 is 1. The van der Waals surface area contributed by atoms with Crippen molar-refractivity contribution in [2.45, 2.75) is 32.7 Å². The van der Waals surface area contributed by atoms with Crippen LogP contribution >= 0.6 is 0 Å². The highest BCUT2D eigenvalue weighted by Gasteiger charge is 2.22. The van der Waals surface area contributed by atoms with Gasteiger partial charge in [-0.25, -0.2) is 0 Å². The minimum Gasteiger partial charge on any atom is -0.497 e. The summed E-state index contributed by atoms with van der Waals surface area (Å²) in [6.07, 6.45) is 4.21. The smallest absolute Gasteiger partial charge is 0.119 e. The van der Waals surface area contributed by atoms with E-state index in [0.29, 0.717) is 0 Å². The van der Waals surface area contributed by atoms with Gasteiger partial charge in [0.15, 0.2) is 0 Å². The van der Waals surface area contributed by atoms with Gasteiger partial charge in [-0.05, 0) is 42.5 Å². The van der Waals surface area contributed by atoms with E-state index in [1.807, 2.05) is 12.1 Å². The van der Waals surface area contributed by atoms with Crippen LogP contribution in [0.3, 0.4) is 0 Å². The van der Waals surface area contributed by atoms with Gasteiger partial charge in [-0.3, -0.25) is 0 Å². The molecule has 0 radical (unpaired) electrons. The monoisotopic (exact) mass is 233 g/mol. The van der Waals surface area contributed by atoms with Crippen LogP contribution in [0.25, 0.3) is 0 Å². The Morgan fingerprint density at radius 1 is 1.35 bits per heavy atom. The summed E-state index contributed by atoms with van der Waals surface area (Å²) >= 11 is 0. The van der Waals surface area contributed by atoms with E-state index in [1.54, 1.807) is 7.11 Å². The minimum atomic E-state index is 0.876. The number of hydrogen-bond donors (Lipinski definition) is 1. The largest absolute Gasteiger partial charge is 0.497 e. The third-order valence-electron chi connectivity index (χ3n) is 3.91. The summed E-state index contributed by atoms with van der Waals surface area (Å²) in [6.45, 7) is 4.48. The van der Waals surface area contributed by atoms with E-state index in [1.165, 1.54) is 24.8 Å². The summed E-state index contributed by atoms with van der Waals surface area (Å²) in [4.78, 5) is 0. The summed E-state index contributed by atoms with van der Waals surface area (Å²) in [5, 5.41) is 3.57. The van der Waals surface area contributed by atoms with Crippen molar-refractivity contribution in [1.82, 2.24) is 5.32 Å². The molecule has 2 unspecified atom stereocenters. The summed E-state index contributed by atoms with van der Waals surface area (Å²) in [6, 6.07) is 8.29. The highest BCUT2D eigenvalue weighted by Crippen LogP contribution is 2.30. The van der Waals surface area contributed by atoms with Crippen molar-refractivity contribution in [3.05, 3.63) is 29.8 Å². The Morgan fingerprint density at radius 2 is 2.24 bits per heavy atom. The van der Waals surface area contributed by atoms with Crippen molar-refractivity contribution < 1.29 is 4.74 Å². The molecule has 1 aliphatic carbocycles. The number of hydrogen-bond acceptors (Lipinski definition) is 2. The molecule has 0 saturated heterocycles. The quantitative estimate of drug-likeness (QED) is 0.843. The first kappa shape index (κ1) is 12.4. The molecule has 1 saturated carbocycles. The van der Waals surface area contributed by atoms with Crippen LogP contribution in [0.2, 0.25) is 0 Å². The molecule has 17 heavy (non-hydrogen) atoms. The topological polar surface area (TPSA) is 21.3 Å². The standard InChI is InChI=1S/C15H23NO/c1-12-5-3-7-14(12)11-16-10-13-6-4-8-15(9-13)17-2/h4,6,8-9,12,14,16H,3,5,7,10-11H2,1-2H3. The molecule has 1 aliphatic rings. The second-order valence-electron chi connectivity index (χ2n) is 5.15. The Kier molecular flexibility index (Phi) is 4.43. The molecule has 94 valence electrons. The van der Waals surface area contributed by atoms with Crippen LogP contribution in [-0.2, 0) is 6.54 Å². The van der Waals surface area contributed by atoms with Crippen molar-refractivity contribution >= 4 is 0 Å². The van der Waals surface area contributed by atoms with Crippen LogP contribution in [0.15, 0.2) is 24.3 Å². The second kappa shape index (κ2) is 6.06. The zero-order valence-electron chi connectivity index (χ0n) is 10.9. The maximum absolute atomic E-state index is 5.22. The van der Waals surface area contributed by atoms with Crippen molar-refractivity contribution in [3.63, 3.8) is 0 Å². The first-order chi connectivity index (χ1) is 8.29. The third-order valence-corrected chi connectivity index (χ3v) is 3.91. The van der Waals surface area contributed by atoms with E-state index in [0.717, 1.165) is 30.7 Å². The predicted octanol–water partition coefficient (Wildman–Crippen LogP) is 3.22. The van der Waals surface area contributed by atoms with E-state index in [4.69, 9.17) is 4.74 Å². The average Bonchev–Trinajstić information content (AvgIpc) is 2.76. The molecule has 0 bridgehead atoms. The van der Waals surface area contributed by atoms with Gasteiger partial charge >= 0.3 is 0 Å². The Balaban J connectivity index is 1.77. The van der Waals surface area contributed by atoms with Gasteiger partial charge in [0.1, 0.15) is 5.75 Å². The van der Waals surface area contributed by atoms with Gasteiger partial charge in [-0.1, -0.05) is 31.9 Å². The SMILES string of the molecule is COc1cccc(CNCC2CCCC2C)c1. The molecule has 0 aromatic heterocycles. The lowest BCUT2D eigenvalue weighted by Gasteiger charge is -2.16. The van der Waals surface area contributed by atoms with Gasteiger partial charge in [0.25, 0.3) is 0 Å². The summed E-state index contributed by atoms with van der Waals surface area (Å²) in [5.74, 6) is 2.71. The first-order valence-corrected chi connectivity index (χ1v) is 6.63. The Bertz CT molecular complexity index is 351. The van der Waals surface area contributed by atoms with Crippen molar-refractivity contribution in [2.24, 2.45) is 11.8 Å². The molecule has 2 rings (SSSR count). The Labute approximate surface area is 104 Å². The molecule has 0 aliphatic heterocycles. The fraction of sp³-hybridized carbons (Fsp3) is 0.600. The van der Waals surface area contributed by atoms with E-state index in [9.17, 15) is 0 Å². The number of ether oxygens (including phenoxy) is 1. The van der Waals surface area contributed by atoms with E-state index >= 15 is 0 Å². The van der Waals surface area contributed by atoms with Crippen LogP contribution in [0.5, 0.6) is 5.75 Å². The van der Waals surface area contributed by atoms with Crippen LogP contribution in [0.4, 0.5) is 0 Å². The summed E-state index contributed by atoms with van der Waals surface area (Å²) in [7, 11) is 1.72. The molecule has 2 atom stereocenters. The highest BCUT2D eigenvalue weighted by molar-refractivity contribution is 5.28. The normalized spacial score (nSPS) is 23.9. The first-order valence-electron chi connectivity index (χ1n) is 6.63. The van der Waals surface area contributed by atoms with Crippen LogP contribution < -0.4 is 10.1 Å². The van der Waals surface area contributed by atoms with E-state index < -0.39 is 0 Å². The van der Waals surface area contributed by atoms with Gasteiger partial charge in [-0.2, -0.15) is 0 Å². The summed E-state index contributed by atoms with van der Waals surface area (Å²) < 4.78 is 5.22. The number of nitrogens with one attached hydrogen (secondary N) is 1. The lowest BCUT2D eigenvalue weighted by molar-refractivity contribution is 0.391. The molecule has 2 heteroatoms. The van der Waals surface area contributed by atoms with Crippen LogP contribution in [-0.4, -0.2) is 13.7 Å². The lowest BCUT2D eigenvalue weighted by Crippen LogP contribution is -2.23. The minimum absolute atomic E-state index is 0.876. The van der Waals surface area contributed by atoms with Gasteiger partial charge in [0.2, 0.25) is 0 Å². The zero-order chi connectivity index (χ0) is 12.1. The van der Waals surface area contributed by atoms with Gasteiger partial charge in [0.05, 0.1) is 7.11 Å². The molecule has 0 spiro atoms. The molecule has 1 N–H and O–H groups in total. The van der Waals surface area contributed by atoms with E-state index in [2.05, 4.69) is 24.4 Å². The van der Waals surface area contributed by atoms with Crippen LogP contribution in [0, 0.1) is 11.8 Å². The maximum Gasteiger partial charge on any atom is 0.119 e. The Morgan fingerprint density at radius 3 is 2.94 bits per heavy atom. The lowest BCUT2D eigenvalue weighted by atomic mass is 9.98.